The molecule has 0 bridgehead atoms. The van der Waals surface area contributed by atoms with Gasteiger partial charge in [0.1, 0.15) is 12.1 Å². The topological polar surface area (TPSA) is 151 Å². The number of ether oxygens (including phenoxy) is 1. The number of carbonyl (C=O) groups is 4. The zero-order valence-electron chi connectivity index (χ0n) is 26.0. The third-order valence-electron chi connectivity index (χ3n) is 8.45. The van der Waals surface area contributed by atoms with E-state index in [0.717, 1.165) is 11.4 Å². The lowest BCUT2D eigenvalue weighted by atomic mass is 9.75. The van der Waals surface area contributed by atoms with Crippen molar-refractivity contribution in [2.24, 2.45) is 11.3 Å². The molecule has 0 aromatic carbocycles. The highest BCUT2D eigenvalue weighted by atomic mass is 32.2. The van der Waals surface area contributed by atoms with Crippen molar-refractivity contribution in [1.82, 2.24) is 9.96 Å². The van der Waals surface area contributed by atoms with E-state index in [2.05, 4.69) is 4.90 Å². The number of fused-ring (bicyclic) bond motifs is 1. The van der Waals surface area contributed by atoms with Crippen LogP contribution in [0.15, 0.2) is 59.3 Å². The molecule has 2 fully saturated rings. The van der Waals surface area contributed by atoms with Crippen LogP contribution in [0.25, 0.3) is 6.08 Å². The number of carbonyl (C=O) groups excluding carboxylic acids is 4. The van der Waals surface area contributed by atoms with Crippen LogP contribution in [-0.4, -0.2) is 66.4 Å². The van der Waals surface area contributed by atoms with Crippen LogP contribution in [0, 0.1) is 11.3 Å². The number of imide groups is 1. The van der Waals surface area contributed by atoms with Gasteiger partial charge in [0.05, 0.1) is 18.1 Å². The highest BCUT2D eigenvalue weighted by molar-refractivity contribution is 7.90. The van der Waals surface area contributed by atoms with E-state index < -0.39 is 39.3 Å². The quantitative estimate of drug-likeness (QED) is 0.118. The van der Waals surface area contributed by atoms with Gasteiger partial charge in [-0.25, -0.2) is 9.59 Å². The molecule has 242 valence electrons. The maximum absolute atomic E-state index is 12.2. The molecule has 1 aromatic rings. The van der Waals surface area contributed by atoms with Crippen molar-refractivity contribution in [3.8, 4) is 0 Å². The molecule has 0 radical (unpaired) electrons. The number of hydrogen-bond acceptors (Lipinski definition) is 9. The van der Waals surface area contributed by atoms with Crippen LogP contribution in [-0.2, 0) is 40.6 Å². The molecule has 0 spiro atoms. The highest BCUT2D eigenvalue weighted by Crippen LogP contribution is 2.51. The van der Waals surface area contributed by atoms with E-state index in [0.29, 0.717) is 43.0 Å². The Morgan fingerprint density at radius 3 is 2.49 bits per heavy atom. The third-order valence-corrected chi connectivity index (χ3v) is 9.32. The van der Waals surface area contributed by atoms with E-state index in [-0.39, 0.29) is 36.1 Å². The van der Waals surface area contributed by atoms with E-state index in [9.17, 15) is 32.1 Å². The number of unbranched alkanes of at least 4 members (excludes halogenated alkanes) is 2. The van der Waals surface area contributed by atoms with E-state index >= 15 is 0 Å². The summed E-state index contributed by atoms with van der Waals surface area (Å²) in [5.74, 6) is -2.30. The smallest absolute Gasteiger partial charge is 0.343 e. The molecular formula is C32H40N3O9S+. The molecule has 45 heavy (non-hydrogen) atoms. The first-order valence-corrected chi connectivity index (χ1v) is 16.4. The highest BCUT2D eigenvalue weighted by Gasteiger charge is 2.49. The summed E-state index contributed by atoms with van der Waals surface area (Å²) in [6.07, 6.45) is 14.5. The Hall–Kier alpha value is -4.10. The molecule has 2 atom stereocenters. The molecule has 2 unspecified atom stereocenters. The number of rotatable bonds is 12. The molecular weight excluding hydrogens is 602 g/mol. The number of likely N-dealkylation sites (tertiary alicyclic amines) is 1. The molecule has 1 N–H and O–H groups in total. The summed E-state index contributed by atoms with van der Waals surface area (Å²) in [6, 6.07) is 3.39. The molecule has 3 aliphatic rings. The van der Waals surface area contributed by atoms with Crippen molar-refractivity contribution in [1.29, 1.82) is 0 Å². The number of hydroxylamine groups is 2. The first-order valence-electron chi connectivity index (χ1n) is 15.0. The zero-order valence-corrected chi connectivity index (χ0v) is 26.8. The molecule has 1 aliphatic carbocycles. The summed E-state index contributed by atoms with van der Waals surface area (Å²) >= 11 is 0. The van der Waals surface area contributed by atoms with Gasteiger partial charge in [0, 0.05) is 55.0 Å². The van der Waals surface area contributed by atoms with Gasteiger partial charge in [-0.05, 0) is 38.0 Å². The summed E-state index contributed by atoms with van der Waals surface area (Å²) in [5, 5.41) is 0.554. The molecule has 1 aromatic heterocycles. The minimum Gasteiger partial charge on any atom is -0.465 e. The number of aromatic nitrogens is 1. The van der Waals surface area contributed by atoms with Gasteiger partial charge in [-0.1, -0.05) is 38.5 Å². The SMILES string of the molecule is CC[n+]1cc(C(=O)OC)ccc1/C=C/C=C1\N(CCCCCC(=O)ON2C(=O)CCC2=O)C2C=CC(S(=O)(=O)O)=CC2C1(C)C. The first kappa shape index (κ1) is 33.8. The van der Waals surface area contributed by atoms with Crippen LogP contribution in [0.2, 0.25) is 0 Å². The average molecular weight is 643 g/mol. The number of methoxy groups -OCH3 is 1. The van der Waals surface area contributed by atoms with Gasteiger partial charge < -0.3 is 14.5 Å². The molecule has 12 nitrogen and oxygen atoms in total. The number of pyridine rings is 1. The maximum atomic E-state index is 12.2. The van der Waals surface area contributed by atoms with Gasteiger partial charge in [-0.15, -0.1) is 5.06 Å². The Morgan fingerprint density at radius 1 is 1.13 bits per heavy atom. The summed E-state index contributed by atoms with van der Waals surface area (Å²) in [6.45, 7) is 7.30. The van der Waals surface area contributed by atoms with Crippen molar-refractivity contribution in [3.63, 3.8) is 0 Å². The van der Waals surface area contributed by atoms with E-state index in [1.165, 1.54) is 13.2 Å². The Kier molecular flexibility index (Phi) is 10.4. The van der Waals surface area contributed by atoms with Crippen LogP contribution in [0.1, 0.15) is 75.3 Å². The standard InChI is InChI=1S/C32H39N3O9S/c1-5-33-21-22(31(39)43-4)13-14-23(33)10-9-11-27-32(2,3)25-20-24(45(40,41)42)15-16-26(25)34(27)19-8-6-7-12-30(38)44-35-28(36)17-18-29(35)37/h9-11,13-16,20-21,25-26H,5-8,12,17-19H2,1-4H3/p+1. The van der Waals surface area contributed by atoms with Crippen LogP contribution < -0.4 is 4.57 Å². The number of aryl methyl sites for hydroxylation is 1. The Morgan fingerprint density at radius 2 is 1.84 bits per heavy atom. The second-order valence-corrected chi connectivity index (χ2v) is 13.1. The largest absolute Gasteiger partial charge is 0.465 e. The Labute approximate surface area is 263 Å². The second-order valence-electron chi connectivity index (χ2n) is 11.7. The summed E-state index contributed by atoms with van der Waals surface area (Å²) in [5.41, 5.74) is 1.80. The fourth-order valence-electron chi connectivity index (χ4n) is 6.02. The molecule has 13 heteroatoms. The van der Waals surface area contributed by atoms with Gasteiger partial charge >= 0.3 is 11.9 Å². The van der Waals surface area contributed by atoms with Gasteiger partial charge in [0.25, 0.3) is 21.9 Å². The summed E-state index contributed by atoms with van der Waals surface area (Å²) < 4.78 is 40.4. The van der Waals surface area contributed by atoms with E-state index in [1.807, 2.05) is 49.6 Å². The van der Waals surface area contributed by atoms with Crippen molar-refractivity contribution >= 4 is 39.9 Å². The molecule has 3 heterocycles. The number of hydrogen-bond donors (Lipinski definition) is 1. The van der Waals surface area contributed by atoms with Crippen LogP contribution in [0.5, 0.6) is 0 Å². The number of allylic oxidation sites excluding steroid dienone is 4. The predicted octanol–water partition coefficient (Wildman–Crippen LogP) is 3.51. The van der Waals surface area contributed by atoms with Gasteiger partial charge in [-0.2, -0.15) is 13.0 Å². The molecule has 4 rings (SSSR count). The van der Waals surface area contributed by atoms with Crippen LogP contribution in [0.4, 0.5) is 0 Å². The van der Waals surface area contributed by atoms with Gasteiger partial charge in [0.15, 0.2) is 6.20 Å². The molecule has 2 amide bonds. The normalized spacial score (nSPS) is 21.9. The first-order chi connectivity index (χ1) is 21.3. The third kappa shape index (κ3) is 7.59. The number of esters is 1. The number of nitrogens with zero attached hydrogens (tertiary/aromatic N) is 3. The van der Waals surface area contributed by atoms with E-state index in [4.69, 9.17) is 9.57 Å². The van der Waals surface area contributed by atoms with Gasteiger partial charge in [0.2, 0.25) is 5.69 Å². The van der Waals surface area contributed by atoms with Crippen LogP contribution >= 0.6 is 0 Å². The maximum Gasteiger partial charge on any atom is 0.343 e. The average Bonchev–Trinajstić information content (AvgIpc) is 3.42. The predicted molar refractivity (Wildman–Crippen MR) is 163 cm³/mol. The zero-order chi connectivity index (χ0) is 32.9. The Balaban J connectivity index is 1.50. The fraction of sp³-hybridized carbons (Fsp3) is 0.469. The second kappa shape index (κ2) is 13.9. The molecule has 0 saturated carbocycles. The minimum absolute atomic E-state index is 0.0428. The lowest BCUT2D eigenvalue weighted by Gasteiger charge is -2.29. The Bertz CT molecular complexity index is 1570. The summed E-state index contributed by atoms with van der Waals surface area (Å²) in [4.78, 5) is 54.6. The lowest BCUT2D eigenvalue weighted by molar-refractivity contribution is -0.695. The van der Waals surface area contributed by atoms with Crippen molar-refractivity contribution in [2.75, 3.05) is 13.7 Å². The van der Waals surface area contributed by atoms with Crippen molar-refractivity contribution in [3.05, 3.63) is 70.6 Å². The minimum atomic E-state index is -4.37. The van der Waals surface area contributed by atoms with E-state index in [1.54, 1.807) is 24.4 Å². The van der Waals surface area contributed by atoms with Crippen molar-refractivity contribution < 1.29 is 46.3 Å². The fourth-order valence-corrected chi connectivity index (χ4v) is 6.59. The summed E-state index contributed by atoms with van der Waals surface area (Å²) in [7, 11) is -3.04. The number of amides is 2. The van der Waals surface area contributed by atoms with Crippen LogP contribution in [0.3, 0.4) is 0 Å². The van der Waals surface area contributed by atoms with Crippen molar-refractivity contribution in [2.45, 2.75) is 71.9 Å². The molecule has 2 aliphatic heterocycles. The lowest BCUT2D eigenvalue weighted by Crippen LogP contribution is -2.36. The monoisotopic (exact) mass is 642 g/mol. The molecule has 2 saturated heterocycles. The van der Waals surface area contributed by atoms with Gasteiger partial charge in [-0.3, -0.25) is 14.1 Å².